The van der Waals surface area contributed by atoms with E-state index in [-0.39, 0.29) is 6.04 Å². The maximum absolute atomic E-state index is 13.7. The summed E-state index contributed by atoms with van der Waals surface area (Å²) in [5, 5.41) is 6.34. The van der Waals surface area contributed by atoms with Gasteiger partial charge in [-0.3, -0.25) is 19.5 Å². The van der Waals surface area contributed by atoms with Gasteiger partial charge in [0.15, 0.2) is 0 Å². The van der Waals surface area contributed by atoms with Crippen LogP contribution in [0.3, 0.4) is 0 Å². The molecular weight excluding hydrogens is 580 g/mol. The zero-order valence-electron chi connectivity index (χ0n) is 26.6. The van der Waals surface area contributed by atoms with E-state index < -0.39 is 11.7 Å². The number of carbonyl (C=O) groups excluding carboxylic acids is 2. The molecule has 2 aromatic carbocycles. The highest BCUT2D eigenvalue weighted by Gasteiger charge is 2.28. The number of aromatic nitrogens is 2. The fourth-order valence-corrected chi connectivity index (χ4v) is 6.28. The molecule has 2 saturated heterocycles. The van der Waals surface area contributed by atoms with Gasteiger partial charge < -0.3 is 29.6 Å². The van der Waals surface area contributed by atoms with Gasteiger partial charge in [0.05, 0.1) is 31.6 Å². The molecule has 1 atom stereocenters. The minimum atomic E-state index is -0.678. The van der Waals surface area contributed by atoms with E-state index in [4.69, 9.17) is 14.5 Å². The number of morpholine rings is 1. The molecule has 1 unspecified atom stereocenters. The lowest BCUT2D eigenvalue weighted by molar-refractivity contribution is -0.112. The molecule has 46 heavy (non-hydrogen) atoms. The summed E-state index contributed by atoms with van der Waals surface area (Å²) in [5.41, 5.74) is 6.68. The number of hydrogen-bond donors (Lipinski definition) is 2. The number of anilines is 2. The Morgan fingerprint density at radius 2 is 1.80 bits per heavy atom. The minimum Gasteiger partial charge on any atom is -0.383 e. The van der Waals surface area contributed by atoms with Gasteiger partial charge in [0.25, 0.3) is 11.7 Å². The summed E-state index contributed by atoms with van der Waals surface area (Å²) in [4.78, 5) is 36.7. The van der Waals surface area contributed by atoms with Gasteiger partial charge in [-0.15, -0.1) is 0 Å². The molecule has 6 rings (SSSR count). The maximum Gasteiger partial charge on any atom is 0.298 e. The first kappa shape index (κ1) is 31.6. The number of carbonyl (C=O) groups is 2. The monoisotopic (exact) mass is 622 g/mol. The molecule has 10 heteroatoms. The quantitative estimate of drug-likeness (QED) is 0.189. The van der Waals surface area contributed by atoms with Crippen molar-refractivity contribution in [3.63, 3.8) is 0 Å². The average molecular weight is 623 g/mol. The number of pyridine rings is 1. The second kappa shape index (κ2) is 14.8. The molecular formula is C36H42N6O4. The van der Waals surface area contributed by atoms with E-state index in [1.54, 1.807) is 7.11 Å². The zero-order valence-corrected chi connectivity index (χ0v) is 26.6. The van der Waals surface area contributed by atoms with Crippen molar-refractivity contribution in [2.24, 2.45) is 0 Å². The standard InChI is InChI=1S/C36H42N6O4/c1-26-22-31(28-6-4-3-5-7-28)34(41(26)18-19-45-2)35(43)36(44)39-29-9-11-30(12-10-29)42-15-14-37-24-33(42)32-13-8-27(23-38-32)25-40-16-20-46-21-17-40/h3-13,22-23,33,37H,14-21,24-25H2,1-2H3,(H,39,44). The van der Waals surface area contributed by atoms with Gasteiger partial charge in [0.1, 0.15) is 5.69 Å². The summed E-state index contributed by atoms with van der Waals surface area (Å²) in [6.45, 7) is 9.65. The molecule has 2 aliphatic heterocycles. The Morgan fingerprint density at radius 1 is 1.02 bits per heavy atom. The number of hydrogen-bond acceptors (Lipinski definition) is 8. The minimum absolute atomic E-state index is 0.0766. The van der Waals surface area contributed by atoms with Crippen molar-refractivity contribution in [3.05, 3.63) is 102 Å². The van der Waals surface area contributed by atoms with Gasteiger partial charge in [0, 0.05) is 81.8 Å². The zero-order chi connectivity index (χ0) is 31.9. The van der Waals surface area contributed by atoms with Crippen LogP contribution in [0.15, 0.2) is 79.0 Å². The third kappa shape index (κ3) is 7.21. The van der Waals surface area contributed by atoms with Gasteiger partial charge in [-0.2, -0.15) is 0 Å². The first-order chi connectivity index (χ1) is 22.5. The predicted octanol–water partition coefficient (Wildman–Crippen LogP) is 4.31. The molecule has 0 spiro atoms. The molecule has 2 aromatic heterocycles. The number of amides is 1. The molecule has 0 aliphatic carbocycles. The molecule has 4 aromatic rings. The van der Waals surface area contributed by atoms with E-state index >= 15 is 0 Å². The van der Waals surface area contributed by atoms with Crippen LogP contribution in [0.4, 0.5) is 11.4 Å². The van der Waals surface area contributed by atoms with E-state index in [9.17, 15) is 9.59 Å². The first-order valence-electron chi connectivity index (χ1n) is 15.9. The lowest BCUT2D eigenvalue weighted by atomic mass is 10.0. The van der Waals surface area contributed by atoms with Crippen molar-refractivity contribution in [1.29, 1.82) is 0 Å². The SMILES string of the molecule is COCCn1c(C)cc(-c2ccccc2)c1C(=O)C(=O)Nc1ccc(N2CCNCC2c2ccc(CN3CCOCC3)cn2)cc1. The van der Waals surface area contributed by atoms with Crippen molar-refractivity contribution in [3.8, 4) is 11.1 Å². The van der Waals surface area contributed by atoms with E-state index in [1.165, 1.54) is 5.56 Å². The Hall–Kier alpha value is -4.35. The highest BCUT2D eigenvalue weighted by atomic mass is 16.5. The predicted molar refractivity (Wildman–Crippen MR) is 179 cm³/mol. The fourth-order valence-electron chi connectivity index (χ4n) is 6.28. The number of ether oxygens (including phenoxy) is 2. The summed E-state index contributed by atoms with van der Waals surface area (Å²) < 4.78 is 12.6. The smallest absolute Gasteiger partial charge is 0.298 e. The molecule has 4 heterocycles. The number of methoxy groups -OCH3 is 1. The molecule has 10 nitrogen and oxygen atoms in total. The first-order valence-corrected chi connectivity index (χ1v) is 15.9. The molecule has 0 radical (unpaired) electrons. The van der Waals surface area contributed by atoms with Gasteiger partial charge in [-0.05, 0) is 54.4 Å². The Labute approximate surface area is 270 Å². The Morgan fingerprint density at radius 3 is 2.52 bits per heavy atom. The second-order valence-corrected chi connectivity index (χ2v) is 11.8. The summed E-state index contributed by atoms with van der Waals surface area (Å²) in [6, 6.07) is 23.7. The van der Waals surface area contributed by atoms with Crippen molar-refractivity contribution in [2.45, 2.75) is 26.1 Å². The van der Waals surface area contributed by atoms with Crippen LogP contribution >= 0.6 is 0 Å². The average Bonchev–Trinajstić information content (AvgIpc) is 3.44. The van der Waals surface area contributed by atoms with E-state index in [0.29, 0.717) is 24.5 Å². The van der Waals surface area contributed by atoms with Crippen molar-refractivity contribution in [1.82, 2.24) is 19.8 Å². The summed E-state index contributed by atoms with van der Waals surface area (Å²) in [5.74, 6) is -1.26. The number of ketones is 1. The highest BCUT2D eigenvalue weighted by Crippen LogP contribution is 2.30. The number of piperazine rings is 1. The summed E-state index contributed by atoms with van der Waals surface area (Å²) in [6.07, 6.45) is 1.99. The lowest BCUT2D eigenvalue weighted by Gasteiger charge is -2.37. The third-order valence-corrected chi connectivity index (χ3v) is 8.73. The normalized spacial score (nSPS) is 17.2. The molecule has 240 valence electrons. The van der Waals surface area contributed by atoms with Crippen LogP contribution in [-0.4, -0.2) is 85.8 Å². The Kier molecular flexibility index (Phi) is 10.2. The van der Waals surface area contributed by atoms with Gasteiger partial charge in [0.2, 0.25) is 0 Å². The van der Waals surface area contributed by atoms with E-state index in [0.717, 1.165) is 80.7 Å². The number of rotatable bonds is 11. The highest BCUT2D eigenvalue weighted by molar-refractivity contribution is 6.47. The van der Waals surface area contributed by atoms with Crippen LogP contribution in [0, 0.1) is 6.92 Å². The Balaban J connectivity index is 1.15. The van der Waals surface area contributed by atoms with Crippen LogP contribution in [0.1, 0.15) is 33.5 Å². The maximum atomic E-state index is 13.7. The second-order valence-electron chi connectivity index (χ2n) is 11.8. The van der Waals surface area contributed by atoms with Crippen molar-refractivity contribution >= 4 is 23.1 Å². The summed E-state index contributed by atoms with van der Waals surface area (Å²) in [7, 11) is 1.62. The number of nitrogens with one attached hydrogen (secondary N) is 2. The fraction of sp³-hybridized carbons (Fsp3) is 0.361. The summed E-state index contributed by atoms with van der Waals surface area (Å²) >= 11 is 0. The van der Waals surface area contributed by atoms with Crippen LogP contribution in [0.5, 0.6) is 0 Å². The van der Waals surface area contributed by atoms with Gasteiger partial charge in [-0.25, -0.2) is 0 Å². The number of Topliss-reactive ketones (excluding diaryl/α,β-unsaturated/α-hetero) is 1. The van der Waals surface area contributed by atoms with Crippen LogP contribution in [0.25, 0.3) is 11.1 Å². The van der Waals surface area contributed by atoms with Crippen molar-refractivity contribution < 1.29 is 19.1 Å². The Bertz CT molecular complexity index is 1610. The van der Waals surface area contributed by atoms with Gasteiger partial charge >= 0.3 is 0 Å². The molecule has 2 aliphatic rings. The molecule has 0 saturated carbocycles. The van der Waals surface area contributed by atoms with E-state index in [1.807, 2.05) is 78.4 Å². The molecule has 0 bridgehead atoms. The largest absolute Gasteiger partial charge is 0.383 e. The van der Waals surface area contributed by atoms with Crippen molar-refractivity contribution in [2.75, 3.05) is 69.9 Å². The third-order valence-electron chi connectivity index (χ3n) is 8.73. The molecule has 1 amide bonds. The van der Waals surface area contributed by atoms with Crippen LogP contribution in [-0.2, 0) is 27.4 Å². The lowest BCUT2D eigenvalue weighted by Crippen LogP contribution is -2.46. The topological polar surface area (TPSA) is 101 Å². The number of aryl methyl sites for hydroxylation is 1. The number of nitrogens with zero attached hydrogens (tertiary/aromatic N) is 4. The van der Waals surface area contributed by atoms with Crippen LogP contribution < -0.4 is 15.5 Å². The van der Waals surface area contributed by atoms with E-state index in [2.05, 4.69) is 32.6 Å². The molecule has 2 fully saturated rings. The number of benzene rings is 2. The molecule has 2 N–H and O–H groups in total. The van der Waals surface area contributed by atoms with Gasteiger partial charge in [-0.1, -0.05) is 36.4 Å². The van der Waals surface area contributed by atoms with Crippen LogP contribution in [0.2, 0.25) is 0 Å².